The van der Waals surface area contributed by atoms with Gasteiger partial charge in [-0.05, 0) is 49.9 Å². The normalized spacial score (nSPS) is 13.5. The lowest BCUT2D eigenvalue weighted by atomic mass is 10.0. The topological polar surface area (TPSA) is 12.0 Å². The van der Waals surface area contributed by atoms with Crippen molar-refractivity contribution < 1.29 is 13.2 Å². The van der Waals surface area contributed by atoms with Gasteiger partial charge in [0.2, 0.25) is 0 Å². The van der Waals surface area contributed by atoms with Gasteiger partial charge in [0.25, 0.3) is 0 Å². The summed E-state index contributed by atoms with van der Waals surface area (Å²) in [4.78, 5) is 0. The third kappa shape index (κ3) is 6.62. The number of hydrogen-bond acceptors (Lipinski definition) is 1. The molecule has 1 aromatic rings. The number of rotatable bonds is 7. The summed E-state index contributed by atoms with van der Waals surface area (Å²) >= 11 is 6.15. The van der Waals surface area contributed by atoms with Crippen LogP contribution in [0.2, 0.25) is 5.02 Å². The van der Waals surface area contributed by atoms with Gasteiger partial charge in [-0.1, -0.05) is 30.7 Å². The first kappa shape index (κ1) is 17.3. The van der Waals surface area contributed by atoms with E-state index in [1.807, 2.05) is 32.0 Å². The Labute approximate surface area is 123 Å². The van der Waals surface area contributed by atoms with Gasteiger partial charge in [-0.25, -0.2) is 0 Å². The zero-order chi connectivity index (χ0) is 15.2. The largest absolute Gasteiger partial charge is 0.389 e. The molecule has 0 saturated carbocycles. The van der Waals surface area contributed by atoms with E-state index in [0.29, 0.717) is 18.0 Å². The average molecular weight is 308 g/mol. The first-order valence-electron chi connectivity index (χ1n) is 6.87. The molecule has 114 valence electrons. The second kappa shape index (κ2) is 7.89. The Bertz CT molecular complexity index is 418. The summed E-state index contributed by atoms with van der Waals surface area (Å²) in [6.45, 7) is 4.64. The first-order valence-corrected chi connectivity index (χ1v) is 7.24. The van der Waals surface area contributed by atoms with Crippen molar-refractivity contribution in [2.45, 2.75) is 51.7 Å². The molecular weight excluding hydrogens is 287 g/mol. The summed E-state index contributed by atoms with van der Waals surface area (Å²) in [5.41, 5.74) is 1.94. The quantitative estimate of drug-likeness (QED) is 0.755. The molecule has 0 amide bonds. The van der Waals surface area contributed by atoms with E-state index >= 15 is 0 Å². The number of hydrogen-bond donors (Lipinski definition) is 1. The van der Waals surface area contributed by atoms with Gasteiger partial charge in [0.05, 0.1) is 0 Å². The minimum absolute atomic E-state index is 0.0771. The van der Waals surface area contributed by atoms with E-state index in [9.17, 15) is 13.2 Å². The molecule has 0 heterocycles. The van der Waals surface area contributed by atoms with E-state index in [4.69, 9.17) is 11.6 Å². The highest BCUT2D eigenvalue weighted by atomic mass is 35.5. The van der Waals surface area contributed by atoms with Gasteiger partial charge in [0, 0.05) is 17.5 Å². The Balaban J connectivity index is 2.67. The maximum Gasteiger partial charge on any atom is 0.389 e. The van der Waals surface area contributed by atoms with E-state index in [1.165, 1.54) is 0 Å². The minimum Gasteiger partial charge on any atom is -0.314 e. The van der Waals surface area contributed by atoms with Gasteiger partial charge in [-0.15, -0.1) is 0 Å². The van der Waals surface area contributed by atoms with Crippen LogP contribution in [-0.4, -0.2) is 18.8 Å². The van der Waals surface area contributed by atoms with Crippen molar-refractivity contribution in [3.8, 4) is 0 Å². The Hall–Kier alpha value is -0.740. The monoisotopic (exact) mass is 307 g/mol. The van der Waals surface area contributed by atoms with E-state index in [-0.39, 0.29) is 12.5 Å². The van der Waals surface area contributed by atoms with Crippen molar-refractivity contribution in [2.75, 3.05) is 6.54 Å². The fraction of sp³-hybridized carbons (Fsp3) is 0.600. The summed E-state index contributed by atoms with van der Waals surface area (Å²) in [7, 11) is 0. The van der Waals surface area contributed by atoms with Crippen LogP contribution in [0.1, 0.15) is 37.3 Å². The molecule has 0 fully saturated rings. The molecule has 0 bridgehead atoms. The smallest absolute Gasteiger partial charge is 0.314 e. The number of nitrogens with one attached hydrogen (secondary N) is 1. The van der Waals surface area contributed by atoms with Crippen molar-refractivity contribution in [1.29, 1.82) is 0 Å². The SMILES string of the molecule is CCCNC(CCC(F)(F)F)Cc1ccc(C)cc1Cl. The van der Waals surface area contributed by atoms with Crippen LogP contribution in [0.5, 0.6) is 0 Å². The zero-order valence-electron chi connectivity index (χ0n) is 11.9. The summed E-state index contributed by atoms with van der Waals surface area (Å²) in [5, 5.41) is 3.80. The Morgan fingerprint density at radius 3 is 2.55 bits per heavy atom. The third-order valence-electron chi connectivity index (χ3n) is 3.13. The van der Waals surface area contributed by atoms with E-state index < -0.39 is 12.6 Å². The second-order valence-corrected chi connectivity index (χ2v) is 5.51. The molecule has 0 radical (unpaired) electrons. The Morgan fingerprint density at radius 1 is 1.30 bits per heavy atom. The van der Waals surface area contributed by atoms with Gasteiger partial charge in [0.1, 0.15) is 0 Å². The molecule has 0 aliphatic rings. The molecule has 1 unspecified atom stereocenters. The highest BCUT2D eigenvalue weighted by molar-refractivity contribution is 6.31. The highest BCUT2D eigenvalue weighted by Gasteiger charge is 2.28. The van der Waals surface area contributed by atoms with Crippen LogP contribution in [-0.2, 0) is 6.42 Å². The van der Waals surface area contributed by atoms with Gasteiger partial charge < -0.3 is 5.32 Å². The summed E-state index contributed by atoms with van der Waals surface area (Å²) in [5.74, 6) is 0. The van der Waals surface area contributed by atoms with Crippen molar-refractivity contribution in [3.05, 3.63) is 34.3 Å². The van der Waals surface area contributed by atoms with Crippen molar-refractivity contribution in [3.63, 3.8) is 0 Å². The van der Waals surface area contributed by atoms with Crippen LogP contribution in [0.15, 0.2) is 18.2 Å². The van der Waals surface area contributed by atoms with E-state index in [0.717, 1.165) is 17.5 Å². The molecular formula is C15H21ClF3N. The molecule has 1 rings (SSSR count). The van der Waals surface area contributed by atoms with Crippen LogP contribution >= 0.6 is 11.6 Å². The molecule has 1 aromatic carbocycles. The molecule has 0 aliphatic carbocycles. The molecule has 5 heteroatoms. The van der Waals surface area contributed by atoms with E-state index in [1.54, 1.807) is 0 Å². The Kier molecular flexibility index (Phi) is 6.83. The van der Waals surface area contributed by atoms with Crippen LogP contribution in [0.25, 0.3) is 0 Å². The van der Waals surface area contributed by atoms with E-state index in [2.05, 4.69) is 5.32 Å². The Morgan fingerprint density at radius 2 is 2.00 bits per heavy atom. The lowest BCUT2D eigenvalue weighted by Crippen LogP contribution is -2.33. The molecule has 0 aromatic heterocycles. The number of aryl methyl sites for hydroxylation is 1. The lowest BCUT2D eigenvalue weighted by molar-refractivity contribution is -0.136. The summed E-state index contributed by atoms with van der Waals surface area (Å²) in [6.07, 6.45) is -3.38. The van der Waals surface area contributed by atoms with Crippen LogP contribution in [0.4, 0.5) is 13.2 Å². The maximum absolute atomic E-state index is 12.4. The number of halogens is 4. The van der Waals surface area contributed by atoms with Crippen molar-refractivity contribution in [1.82, 2.24) is 5.32 Å². The molecule has 1 N–H and O–H groups in total. The number of benzene rings is 1. The fourth-order valence-corrected chi connectivity index (χ4v) is 2.36. The minimum atomic E-state index is -4.11. The first-order chi connectivity index (χ1) is 9.31. The maximum atomic E-state index is 12.4. The molecule has 0 aliphatic heterocycles. The highest BCUT2D eigenvalue weighted by Crippen LogP contribution is 2.25. The number of alkyl halides is 3. The zero-order valence-corrected chi connectivity index (χ0v) is 12.6. The molecule has 1 atom stereocenters. The predicted octanol–water partition coefficient (Wildman–Crippen LogP) is 4.90. The summed E-state index contributed by atoms with van der Waals surface area (Å²) < 4.78 is 37.1. The molecule has 1 nitrogen and oxygen atoms in total. The lowest BCUT2D eigenvalue weighted by Gasteiger charge is -2.20. The average Bonchev–Trinajstić information content (AvgIpc) is 2.34. The van der Waals surface area contributed by atoms with Crippen molar-refractivity contribution >= 4 is 11.6 Å². The molecule has 0 spiro atoms. The van der Waals surface area contributed by atoms with Gasteiger partial charge in [-0.3, -0.25) is 0 Å². The van der Waals surface area contributed by atoms with Crippen LogP contribution in [0, 0.1) is 6.92 Å². The predicted molar refractivity (Wildman–Crippen MR) is 77.3 cm³/mol. The van der Waals surface area contributed by atoms with Crippen LogP contribution in [0.3, 0.4) is 0 Å². The van der Waals surface area contributed by atoms with Gasteiger partial charge in [0.15, 0.2) is 0 Å². The van der Waals surface area contributed by atoms with Gasteiger partial charge in [-0.2, -0.15) is 13.2 Å². The molecule has 20 heavy (non-hydrogen) atoms. The van der Waals surface area contributed by atoms with Crippen molar-refractivity contribution in [2.24, 2.45) is 0 Å². The standard InChI is InChI=1S/C15H21ClF3N/c1-3-8-20-13(6-7-15(17,18)19)10-12-5-4-11(2)9-14(12)16/h4-5,9,13,20H,3,6-8,10H2,1-2H3. The third-order valence-corrected chi connectivity index (χ3v) is 3.49. The fourth-order valence-electron chi connectivity index (χ4n) is 2.05. The molecule has 0 saturated heterocycles. The van der Waals surface area contributed by atoms with Gasteiger partial charge >= 0.3 is 6.18 Å². The summed E-state index contributed by atoms with van der Waals surface area (Å²) in [6, 6.07) is 5.47. The van der Waals surface area contributed by atoms with Crippen LogP contribution < -0.4 is 5.32 Å². The second-order valence-electron chi connectivity index (χ2n) is 5.10.